The number of aliphatic carboxylic acids is 1. The second-order valence-corrected chi connectivity index (χ2v) is 8.16. The van der Waals surface area contributed by atoms with Crippen LogP contribution in [0.2, 0.25) is 0 Å². The van der Waals surface area contributed by atoms with Crippen molar-refractivity contribution >= 4 is 5.97 Å². The summed E-state index contributed by atoms with van der Waals surface area (Å²) < 4.78 is 16.5. The maximum Gasteiger partial charge on any atom is 0.184 e. The van der Waals surface area contributed by atoms with E-state index < -0.39 is 43.3 Å². The summed E-state index contributed by atoms with van der Waals surface area (Å²) in [6.07, 6.45) is -4.82. The zero-order valence-corrected chi connectivity index (χ0v) is 17.3. The predicted octanol–water partition coefficient (Wildman–Crippen LogP) is -3.00. The lowest BCUT2D eigenvalue weighted by molar-refractivity contribution is -0.890. The summed E-state index contributed by atoms with van der Waals surface area (Å²) in [5.74, 6) is -1.49. The van der Waals surface area contributed by atoms with E-state index in [1.165, 1.54) is 0 Å². The van der Waals surface area contributed by atoms with Crippen molar-refractivity contribution in [1.82, 2.24) is 4.90 Å². The third kappa shape index (κ3) is 9.10. The van der Waals surface area contributed by atoms with Gasteiger partial charge in [-0.3, -0.25) is 0 Å². The van der Waals surface area contributed by atoms with Gasteiger partial charge in [0.2, 0.25) is 0 Å². The van der Waals surface area contributed by atoms with Crippen LogP contribution in [0, 0.1) is 0 Å². The van der Waals surface area contributed by atoms with Crippen LogP contribution in [0.4, 0.5) is 0 Å². The number of rotatable bonds is 13. The smallest absolute Gasteiger partial charge is 0.184 e. The van der Waals surface area contributed by atoms with Crippen LogP contribution in [0.3, 0.4) is 0 Å². The number of aliphatic hydroxyl groups is 3. The molecule has 5 unspecified atom stereocenters. The predicted molar refractivity (Wildman–Crippen MR) is 98.1 cm³/mol. The highest BCUT2D eigenvalue weighted by atomic mass is 16.7. The molecule has 1 heterocycles. The van der Waals surface area contributed by atoms with Gasteiger partial charge in [0.15, 0.2) is 6.29 Å². The summed E-state index contributed by atoms with van der Waals surface area (Å²) in [6, 6.07) is 0. The van der Waals surface area contributed by atoms with Crippen molar-refractivity contribution < 1.29 is 43.9 Å². The molecule has 5 atom stereocenters. The van der Waals surface area contributed by atoms with Crippen LogP contribution in [-0.2, 0) is 19.0 Å². The SMILES string of the molecule is CN(C)CCC[N+](C)(C)CCCOCC1OC(O)C(O)C(OCC(=O)[O-])C1O. The maximum atomic E-state index is 10.5. The fraction of sp³-hybridized carbons (Fsp3) is 0.944. The summed E-state index contributed by atoms with van der Waals surface area (Å²) in [4.78, 5) is 12.7. The average molecular weight is 408 g/mol. The van der Waals surface area contributed by atoms with Gasteiger partial charge in [-0.15, -0.1) is 0 Å². The molecule has 1 rings (SSSR count). The van der Waals surface area contributed by atoms with E-state index in [1.54, 1.807) is 0 Å². The molecule has 0 aliphatic carbocycles. The fourth-order valence-corrected chi connectivity index (χ4v) is 3.14. The number of carbonyl (C=O) groups is 1. The van der Waals surface area contributed by atoms with Crippen LogP contribution in [0.15, 0.2) is 0 Å². The Morgan fingerprint density at radius 3 is 2.39 bits per heavy atom. The molecule has 0 aromatic rings. The van der Waals surface area contributed by atoms with Crippen molar-refractivity contribution in [2.75, 3.05) is 67.6 Å². The Labute approximate surface area is 166 Å². The Hall–Kier alpha value is -0.850. The van der Waals surface area contributed by atoms with Crippen LogP contribution in [-0.4, -0.2) is 129 Å². The minimum absolute atomic E-state index is 0.00974. The van der Waals surface area contributed by atoms with Crippen LogP contribution in [0.1, 0.15) is 12.8 Å². The molecular weight excluding hydrogens is 372 g/mol. The van der Waals surface area contributed by atoms with Gasteiger partial charge >= 0.3 is 0 Å². The summed E-state index contributed by atoms with van der Waals surface area (Å²) in [6.45, 7) is 2.67. The van der Waals surface area contributed by atoms with Crippen LogP contribution in [0.25, 0.3) is 0 Å². The Morgan fingerprint density at radius 2 is 1.79 bits per heavy atom. The van der Waals surface area contributed by atoms with Gasteiger partial charge in [0.05, 0.1) is 53.0 Å². The number of carboxylic acids is 1. The van der Waals surface area contributed by atoms with Crippen molar-refractivity contribution in [2.24, 2.45) is 0 Å². The summed E-state index contributed by atoms with van der Waals surface area (Å²) >= 11 is 0. The monoisotopic (exact) mass is 408 g/mol. The Kier molecular flexibility index (Phi) is 10.8. The highest BCUT2D eigenvalue weighted by molar-refractivity contribution is 5.65. The third-order valence-corrected chi connectivity index (χ3v) is 4.76. The molecule has 0 aromatic heterocycles. The third-order valence-electron chi connectivity index (χ3n) is 4.76. The lowest BCUT2D eigenvalue weighted by Crippen LogP contribution is -2.60. The van der Waals surface area contributed by atoms with Crippen LogP contribution < -0.4 is 5.11 Å². The molecule has 1 fully saturated rings. The first-order chi connectivity index (χ1) is 13.0. The molecule has 1 aliphatic heterocycles. The van der Waals surface area contributed by atoms with Gasteiger partial charge in [0.1, 0.15) is 24.4 Å². The number of hydrogen-bond acceptors (Lipinski definition) is 9. The molecule has 0 amide bonds. The normalized spacial score (nSPS) is 28.6. The van der Waals surface area contributed by atoms with E-state index in [4.69, 9.17) is 14.2 Å². The second kappa shape index (κ2) is 12.0. The van der Waals surface area contributed by atoms with Crippen LogP contribution >= 0.6 is 0 Å². The van der Waals surface area contributed by atoms with E-state index >= 15 is 0 Å². The molecule has 0 spiro atoms. The van der Waals surface area contributed by atoms with Crippen molar-refractivity contribution in [1.29, 1.82) is 0 Å². The summed E-state index contributed by atoms with van der Waals surface area (Å²) in [7, 11) is 8.45. The van der Waals surface area contributed by atoms with Crippen molar-refractivity contribution in [3.63, 3.8) is 0 Å². The standard InChI is InChI=1S/C18H36N2O8/c1-19(2)7-5-8-20(3,4)9-6-10-26-11-13-15(23)17(27-12-14(21)22)16(24)18(25)28-13/h13,15-18,23-25H,5-12H2,1-4H3. The van der Waals surface area contributed by atoms with E-state index in [2.05, 4.69) is 33.1 Å². The van der Waals surface area contributed by atoms with Gasteiger partial charge in [-0.25, -0.2) is 0 Å². The zero-order valence-electron chi connectivity index (χ0n) is 17.3. The van der Waals surface area contributed by atoms with E-state index in [0.717, 1.165) is 37.0 Å². The topological polar surface area (TPSA) is 132 Å². The minimum Gasteiger partial charge on any atom is -0.548 e. The van der Waals surface area contributed by atoms with Gasteiger partial charge in [-0.05, 0) is 14.1 Å². The molecule has 3 N–H and O–H groups in total. The van der Waals surface area contributed by atoms with Crippen LogP contribution in [0.5, 0.6) is 0 Å². The Bertz CT molecular complexity index is 463. The van der Waals surface area contributed by atoms with E-state index in [1.807, 2.05) is 0 Å². The molecule has 0 aromatic carbocycles. The van der Waals surface area contributed by atoms with Crippen molar-refractivity contribution in [3.05, 3.63) is 0 Å². The highest BCUT2D eigenvalue weighted by Crippen LogP contribution is 2.22. The number of hydrogen-bond donors (Lipinski definition) is 3. The first-order valence-electron chi connectivity index (χ1n) is 9.59. The van der Waals surface area contributed by atoms with Gasteiger partial charge in [0.25, 0.3) is 0 Å². The number of quaternary nitrogens is 1. The first-order valence-corrected chi connectivity index (χ1v) is 9.59. The summed E-state index contributed by atoms with van der Waals surface area (Å²) in [5.41, 5.74) is 0. The fourth-order valence-electron chi connectivity index (χ4n) is 3.14. The number of ether oxygens (including phenoxy) is 3. The maximum absolute atomic E-state index is 10.5. The van der Waals surface area contributed by atoms with Gasteiger partial charge in [-0.2, -0.15) is 0 Å². The van der Waals surface area contributed by atoms with E-state index in [0.29, 0.717) is 6.61 Å². The highest BCUT2D eigenvalue weighted by Gasteiger charge is 2.44. The Balaban J connectivity index is 2.34. The van der Waals surface area contributed by atoms with Gasteiger partial charge in [-0.1, -0.05) is 0 Å². The van der Waals surface area contributed by atoms with Crippen molar-refractivity contribution in [2.45, 2.75) is 43.5 Å². The Morgan fingerprint density at radius 1 is 1.14 bits per heavy atom. The van der Waals surface area contributed by atoms with Gasteiger partial charge in [0, 0.05) is 19.4 Å². The second-order valence-electron chi connectivity index (χ2n) is 8.16. The first kappa shape index (κ1) is 25.2. The number of nitrogens with zero attached hydrogens (tertiary/aromatic N) is 2. The number of aliphatic hydroxyl groups excluding tert-OH is 3. The molecule has 1 aliphatic rings. The van der Waals surface area contributed by atoms with Gasteiger partial charge < -0.3 is 48.8 Å². The molecule has 28 heavy (non-hydrogen) atoms. The van der Waals surface area contributed by atoms with E-state index in [-0.39, 0.29) is 6.61 Å². The molecule has 166 valence electrons. The quantitative estimate of drug-likeness (QED) is 0.215. The average Bonchev–Trinajstić information content (AvgIpc) is 2.58. The lowest BCUT2D eigenvalue weighted by Gasteiger charge is -2.40. The minimum atomic E-state index is -1.60. The molecular formula is C18H36N2O8. The largest absolute Gasteiger partial charge is 0.548 e. The lowest BCUT2D eigenvalue weighted by atomic mass is 9.99. The molecule has 0 bridgehead atoms. The molecule has 10 heteroatoms. The zero-order chi connectivity index (χ0) is 21.3. The van der Waals surface area contributed by atoms with Crippen molar-refractivity contribution in [3.8, 4) is 0 Å². The van der Waals surface area contributed by atoms with E-state index in [9.17, 15) is 25.2 Å². The molecule has 1 saturated heterocycles. The molecule has 0 radical (unpaired) electrons. The molecule has 10 nitrogen and oxygen atoms in total. The molecule has 0 saturated carbocycles. The number of carboxylic acid groups (broad SMARTS) is 1. The number of carbonyl (C=O) groups excluding carboxylic acids is 1. The summed E-state index contributed by atoms with van der Waals surface area (Å²) in [5, 5.41) is 40.3.